The molecule has 1 N–H and O–H groups in total. The lowest BCUT2D eigenvalue weighted by Crippen LogP contribution is -2.39. The summed E-state index contributed by atoms with van der Waals surface area (Å²) in [4.78, 5) is 12.7. The van der Waals surface area contributed by atoms with E-state index in [2.05, 4.69) is 32.7 Å². The molecule has 0 bridgehead atoms. The number of hydrogen-bond acceptors (Lipinski definition) is 4. The van der Waals surface area contributed by atoms with Crippen LogP contribution in [0.4, 0.5) is 11.4 Å². The van der Waals surface area contributed by atoms with E-state index in [9.17, 15) is 10.1 Å². The first-order valence-corrected chi connectivity index (χ1v) is 7.43. The van der Waals surface area contributed by atoms with E-state index in [0.29, 0.717) is 6.04 Å². The number of anilines is 1. The molecule has 108 valence electrons. The molecule has 1 aliphatic rings. The predicted octanol–water partition coefficient (Wildman–Crippen LogP) is 3.42. The molecule has 0 saturated carbocycles. The Balaban J connectivity index is 1.94. The lowest BCUT2D eigenvalue weighted by atomic mass is 10.0. The van der Waals surface area contributed by atoms with Gasteiger partial charge in [-0.1, -0.05) is 6.08 Å². The largest absolute Gasteiger partial charge is 0.381 e. The number of piperidine rings is 1. The topological polar surface area (TPSA) is 58.4 Å². The molecular formula is C14H18BrN3O2. The van der Waals surface area contributed by atoms with E-state index in [1.165, 1.54) is 12.1 Å². The summed E-state index contributed by atoms with van der Waals surface area (Å²) < 4.78 is 0.736. The summed E-state index contributed by atoms with van der Waals surface area (Å²) in [5.74, 6) is 0. The Labute approximate surface area is 126 Å². The van der Waals surface area contributed by atoms with Gasteiger partial charge >= 0.3 is 0 Å². The van der Waals surface area contributed by atoms with E-state index in [0.717, 1.165) is 42.6 Å². The monoisotopic (exact) mass is 339 g/mol. The standard InChI is InChI=1S/C14H18BrN3O2/c1-2-7-17-8-5-11(6-9-17)16-14-4-3-12(18(19)20)10-13(14)15/h2-4,10-11,16H,1,5-9H2. The normalized spacial score (nSPS) is 16.9. The van der Waals surface area contributed by atoms with E-state index in [4.69, 9.17) is 0 Å². The third-order valence-corrected chi connectivity index (χ3v) is 4.15. The molecule has 0 amide bonds. The minimum absolute atomic E-state index is 0.100. The number of hydrogen-bond donors (Lipinski definition) is 1. The van der Waals surface area contributed by atoms with Crippen molar-refractivity contribution in [1.82, 2.24) is 4.90 Å². The first kappa shape index (κ1) is 15.0. The first-order chi connectivity index (χ1) is 9.60. The van der Waals surface area contributed by atoms with Gasteiger partial charge in [0.25, 0.3) is 5.69 Å². The van der Waals surface area contributed by atoms with Crippen LogP contribution in [0.25, 0.3) is 0 Å². The maximum atomic E-state index is 10.7. The van der Waals surface area contributed by atoms with Crippen LogP contribution in [0.5, 0.6) is 0 Å². The van der Waals surface area contributed by atoms with E-state index in [1.54, 1.807) is 6.07 Å². The number of halogens is 1. The van der Waals surface area contributed by atoms with Crippen molar-refractivity contribution in [3.8, 4) is 0 Å². The van der Waals surface area contributed by atoms with Gasteiger partial charge in [0.05, 0.1) is 4.92 Å². The van der Waals surface area contributed by atoms with Gasteiger partial charge in [0.15, 0.2) is 0 Å². The summed E-state index contributed by atoms with van der Waals surface area (Å²) >= 11 is 3.39. The average Bonchev–Trinajstić information content (AvgIpc) is 2.43. The molecule has 1 aliphatic heterocycles. The van der Waals surface area contributed by atoms with E-state index >= 15 is 0 Å². The van der Waals surface area contributed by atoms with E-state index < -0.39 is 0 Å². The minimum Gasteiger partial charge on any atom is -0.381 e. The molecule has 2 rings (SSSR count). The van der Waals surface area contributed by atoms with Crippen LogP contribution in [0.15, 0.2) is 35.3 Å². The van der Waals surface area contributed by atoms with Gasteiger partial charge in [-0.25, -0.2) is 0 Å². The Kier molecular flexibility index (Phi) is 5.14. The van der Waals surface area contributed by atoms with Crippen LogP contribution >= 0.6 is 15.9 Å². The van der Waals surface area contributed by atoms with Gasteiger partial charge in [0, 0.05) is 48.0 Å². The lowest BCUT2D eigenvalue weighted by Gasteiger charge is -2.32. The number of nitrogens with zero attached hydrogens (tertiary/aromatic N) is 2. The Morgan fingerprint density at radius 3 is 2.75 bits per heavy atom. The van der Waals surface area contributed by atoms with Crippen molar-refractivity contribution >= 4 is 27.3 Å². The van der Waals surface area contributed by atoms with Crippen molar-refractivity contribution in [3.05, 3.63) is 45.4 Å². The van der Waals surface area contributed by atoms with Gasteiger partial charge in [0.1, 0.15) is 0 Å². The zero-order valence-electron chi connectivity index (χ0n) is 11.2. The second kappa shape index (κ2) is 6.85. The Morgan fingerprint density at radius 1 is 1.50 bits per heavy atom. The quantitative estimate of drug-likeness (QED) is 0.507. The molecule has 1 heterocycles. The third-order valence-electron chi connectivity index (χ3n) is 3.50. The third kappa shape index (κ3) is 3.80. The molecule has 0 radical (unpaired) electrons. The van der Waals surface area contributed by atoms with E-state index in [-0.39, 0.29) is 10.6 Å². The number of non-ortho nitro benzene ring substituents is 1. The van der Waals surface area contributed by atoms with Crippen LogP contribution in [0, 0.1) is 10.1 Å². The average molecular weight is 340 g/mol. The number of rotatable bonds is 5. The summed E-state index contributed by atoms with van der Waals surface area (Å²) in [5.41, 5.74) is 1.01. The van der Waals surface area contributed by atoms with Crippen molar-refractivity contribution in [2.45, 2.75) is 18.9 Å². The van der Waals surface area contributed by atoms with Gasteiger partial charge in [-0.15, -0.1) is 6.58 Å². The van der Waals surface area contributed by atoms with Gasteiger partial charge in [-0.3, -0.25) is 15.0 Å². The SMILES string of the molecule is C=CCN1CCC(Nc2ccc([N+](=O)[O-])cc2Br)CC1. The van der Waals surface area contributed by atoms with Crippen molar-refractivity contribution in [3.63, 3.8) is 0 Å². The van der Waals surface area contributed by atoms with Crippen LogP contribution < -0.4 is 5.32 Å². The lowest BCUT2D eigenvalue weighted by molar-refractivity contribution is -0.384. The maximum absolute atomic E-state index is 10.7. The molecule has 0 unspecified atom stereocenters. The van der Waals surface area contributed by atoms with Crippen LogP contribution in [0.2, 0.25) is 0 Å². The molecule has 0 aliphatic carbocycles. The van der Waals surface area contributed by atoms with Crippen molar-refractivity contribution < 1.29 is 4.92 Å². The number of nitrogens with one attached hydrogen (secondary N) is 1. The molecule has 0 aromatic heterocycles. The molecule has 5 nitrogen and oxygen atoms in total. The zero-order valence-corrected chi connectivity index (χ0v) is 12.8. The molecule has 1 fully saturated rings. The fourth-order valence-corrected chi connectivity index (χ4v) is 2.88. The molecular weight excluding hydrogens is 322 g/mol. The van der Waals surface area contributed by atoms with Crippen molar-refractivity contribution in [1.29, 1.82) is 0 Å². The second-order valence-electron chi connectivity index (χ2n) is 4.93. The zero-order chi connectivity index (χ0) is 14.5. The molecule has 1 aromatic rings. The van der Waals surface area contributed by atoms with Gasteiger partial charge in [-0.2, -0.15) is 0 Å². The second-order valence-corrected chi connectivity index (χ2v) is 5.78. The number of nitro benzene ring substituents is 1. The van der Waals surface area contributed by atoms with Crippen LogP contribution in [0.3, 0.4) is 0 Å². The van der Waals surface area contributed by atoms with Crippen molar-refractivity contribution in [2.75, 3.05) is 25.0 Å². The summed E-state index contributed by atoms with van der Waals surface area (Å²) in [5, 5.41) is 14.2. The van der Waals surface area contributed by atoms with Crippen LogP contribution in [-0.2, 0) is 0 Å². The molecule has 6 heteroatoms. The highest BCUT2D eigenvalue weighted by molar-refractivity contribution is 9.10. The molecule has 20 heavy (non-hydrogen) atoms. The molecule has 0 atom stereocenters. The Morgan fingerprint density at radius 2 is 2.20 bits per heavy atom. The predicted molar refractivity (Wildman–Crippen MR) is 84.1 cm³/mol. The van der Waals surface area contributed by atoms with Gasteiger partial charge in [-0.05, 0) is 34.8 Å². The smallest absolute Gasteiger partial charge is 0.270 e. The van der Waals surface area contributed by atoms with Crippen LogP contribution in [0.1, 0.15) is 12.8 Å². The molecule has 1 aromatic carbocycles. The number of benzene rings is 1. The number of nitro groups is 1. The first-order valence-electron chi connectivity index (χ1n) is 6.64. The fraction of sp³-hybridized carbons (Fsp3) is 0.429. The molecule has 0 spiro atoms. The Hall–Kier alpha value is -1.40. The summed E-state index contributed by atoms with van der Waals surface area (Å²) in [6.45, 7) is 6.80. The number of likely N-dealkylation sites (tertiary alicyclic amines) is 1. The highest BCUT2D eigenvalue weighted by Gasteiger charge is 2.19. The van der Waals surface area contributed by atoms with E-state index in [1.807, 2.05) is 6.08 Å². The summed E-state index contributed by atoms with van der Waals surface area (Å²) in [6.07, 6.45) is 4.06. The maximum Gasteiger partial charge on any atom is 0.270 e. The summed E-state index contributed by atoms with van der Waals surface area (Å²) in [7, 11) is 0. The molecule has 1 saturated heterocycles. The van der Waals surface area contributed by atoms with Crippen LogP contribution in [-0.4, -0.2) is 35.5 Å². The van der Waals surface area contributed by atoms with Gasteiger partial charge in [0.2, 0.25) is 0 Å². The van der Waals surface area contributed by atoms with Crippen molar-refractivity contribution in [2.24, 2.45) is 0 Å². The summed E-state index contributed by atoms with van der Waals surface area (Å²) in [6, 6.07) is 5.24. The highest BCUT2D eigenvalue weighted by atomic mass is 79.9. The fourth-order valence-electron chi connectivity index (χ4n) is 2.40. The Bertz CT molecular complexity index is 499. The highest BCUT2D eigenvalue weighted by Crippen LogP contribution is 2.28. The van der Waals surface area contributed by atoms with Gasteiger partial charge < -0.3 is 5.32 Å². The minimum atomic E-state index is -0.387.